The van der Waals surface area contributed by atoms with Crippen LogP contribution >= 0.6 is 11.8 Å². The van der Waals surface area contributed by atoms with Crippen LogP contribution in [0.3, 0.4) is 0 Å². The van der Waals surface area contributed by atoms with E-state index in [1.807, 2.05) is 0 Å². The molecule has 100 valence electrons. The summed E-state index contributed by atoms with van der Waals surface area (Å²) in [5.41, 5.74) is -0.0292. The van der Waals surface area contributed by atoms with Gasteiger partial charge in [0, 0.05) is 11.0 Å². The predicted octanol–water partition coefficient (Wildman–Crippen LogP) is 2.09. The fourth-order valence-corrected chi connectivity index (χ4v) is 2.38. The van der Waals surface area contributed by atoms with Crippen LogP contribution in [0.15, 0.2) is 21.7 Å². The van der Waals surface area contributed by atoms with Gasteiger partial charge in [-0.25, -0.2) is 4.63 Å². The van der Waals surface area contributed by atoms with Crippen molar-refractivity contribution in [1.29, 1.82) is 0 Å². The number of carboxylic acid groups (broad SMARTS) is 1. The highest BCUT2D eigenvalue weighted by molar-refractivity contribution is 8.01. The zero-order valence-corrected chi connectivity index (χ0v) is 10.8. The van der Waals surface area contributed by atoms with Crippen molar-refractivity contribution >= 4 is 34.5 Å². The largest absolute Gasteiger partial charge is 0.480 e. The Bertz CT molecular complexity index is 666. The quantitative estimate of drug-likeness (QED) is 0.514. The van der Waals surface area contributed by atoms with Crippen LogP contribution < -0.4 is 0 Å². The lowest BCUT2D eigenvalue weighted by Crippen LogP contribution is -2.26. The number of hydrogen-bond donors (Lipinski definition) is 1. The van der Waals surface area contributed by atoms with E-state index >= 15 is 0 Å². The SMILES string of the molecule is CC(C)(Sc1ccc([N+](=O)[O-])c2nonc12)C(=O)O. The number of benzene rings is 1. The Hall–Kier alpha value is -2.16. The number of carboxylic acids is 1. The van der Waals surface area contributed by atoms with Crippen molar-refractivity contribution in [3.63, 3.8) is 0 Å². The van der Waals surface area contributed by atoms with Gasteiger partial charge in [0.15, 0.2) is 5.52 Å². The molecule has 0 aliphatic heterocycles. The van der Waals surface area contributed by atoms with Gasteiger partial charge in [-0.1, -0.05) is 0 Å². The molecule has 0 bridgehead atoms. The number of nitro groups is 1. The Kier molecular flexibility index (Phi) is 3.14. The van der Waals surface area contributed by atoms with E-state index in [9.17, 15) is 14.9 Å². The summed E-state index contributed by atoms with van der Waals surface area (Å²) in [5, 5.41) is 27.0. The molecule has 0 radical (unpaired) electrons. The molecule has 1 N–H and O–H groups in total. The third-order valence-corrected chi connectivity index (χ3v) is 3.67. The number of nitrogens with zero attached hydrogens (tertiary/aromatic N) is 3. The minimum absolute atomic E-state index is 0.0104. The van der Waals surface area contributed by atoms with Crippen molar-refractivity contribution in [3.8, 4) is 0 Å². The standard InChI is InChI=1S/C10H9N3O5S/c1-10(2,9(14)15)19-6-4-3-5(13(16)17)7-8(6)12-18-11-7/h3-4H,1-2H3,(H,14,15). The van der Waals surface area contributed by atoms with Gasteiger partial charge in [0.05, 0.1) is 4.92 Å². The van der Waals surface area contributed by atoms with Crippen LogP contribution in [0.25, 0.3) is 11.0 Å². The number of rotatable bonds is 4. The minimum atomic E-state index is -1.10. The minimum Gasteiger partial charge on any atom is -0.480 e. The molecule has 0 aliphatic rings. The van der Waals surface area contributed by atoms with Crippen molar-refractivity contribution in [1.82, 2.24) is 10.3 Å². The van der Waals surface area contributed by atoms with Gasteiger partial charge < -0.3 is 5.11 Å². The van der Waals surface area contributed by atoms with Crippen molar-refractivity contribution in [2.45, 2.75) is 23.5 Å². The number of hydrogen-bond acceptors (Lipinski definition) is 7. The second-order valence-electron chi connectivity index (χ2n) is 4.22. The van der Waals surface area contributed by atoms with Crippen molar-refractivity contribution in [2.24, 2.45) is 0 Å². The summed E-state index contributed by atoms with van der Waals surface area (Å²) < 4.78 is 3.41. The summed E-state index contributed by atoms with van der Waals surface area (Å²) in [5.74, 6) is -1.000. The van der Waals surface area contributed by atoms with Crippen LogP contribution in [0, 0.1) is 10.1 Å². The van der Waals surface area contributed by atoms with E-state index in [4.69, 9.17) is 5.11 Å². The summed E-state index contributed by atoms with van der Waals surface area (Å²) in [7, 11) is 0. The van der Waals surface area contributed by atoms with Crippen LogP contribution in [-0.2, 0) is 4.79 Å². The zero-order valence-electron chi connectivity index (χ0n) is 9.98. The molecule has 0 atom stereocenters. The van der Waals surface area contributed by atoms with Crippen molar-refractivity contribution < 1.29 is 19.5 Å². The fraction of sp³-hybridized carbons (Fsp3) is 0.300. The van der Waals surface area contributed by atoms with E-state index in [0.717, 1.165) is 11.8 Å². The molecule has 0 aliphatic carbocycles. The summed E-state index contributed by atoms with van der Waals surface area (Å²) in [4.78, 5) is 21.8. The molecule has 19 heavy (non-hydrogen) atoms. The normalized spacial score (nSPS) is 11.7. The summed E-state index contributed by atoms with van der Waals surface area (Å²) in [6, 6.07) is 2.70. The number of thioether (sulfide) groups is 1. The summed E-state index contributed by atoms with van der Waals surface area (Å²) in [6.07, 6.45) is 0. The van der Waals surface area contributed by atoms with Gasteiger partial charge in [0.1, 0.15) is 4.75 Å². The summed E-state index contributed by atoms with van der Waals surface area (Å²) >= 11 is 1.02. The Morgan fingerprint density at radius 3 is 2.63 bits per heavy atom. The molecule has 2 aromatic rings. The Morgan fingerprint density at radius 1 is 1.42 bits per heavy atom. The van der Waals surface area contributed by atoms with Gasteiger partial charge in [-0.2, -0.15) is 0 Å². The second-order valence-corrected chi connectivity index (χ2v) is 5.88. The number of fused-ring (bicyclic) bond motifs is 1. The average Bonchev–Trinajstić information content (AvgIpc) is 2.77. The summed E-state index contributed by atoms with van der Waals surface area (Å²) in [6.45, 7) is 3.06. The number of non-ortho nitro benzene ring substituents is 1. The molecular formula is C10H9N3O5S. The van der Waals surface area contributed by atoms with E-state index in [0.29, 0.717) is 4.90 Å². The lowest BCUT2D eigenvalue weighted by Gasteiger charge is -2.17. The molecule has 0 saturated heterocycles. The van der Waals surface area contributed by atoms with Crippen LogP contribution in [-0.4, -0.2) is 31.1 Å². The predicted molar refractivity (Wildman–Crippen MR) is 66.0 cm³/mol. The first-order chi connectivity index (χ1) is 8.83. The number of carbonyl (C=O) groups is 1. The maximum Gasteiger partial charge on any atom is 0.319 e. The lowest BCUT2D eigenvalue weighted by atomic mass is 10.2. The van der Waals surface area contributed by atoms with Gasteiger partial charge in [0.2, 0.25) is 5.52 Å². The topological polar surface area (TPSA) is 119 Å². The van der Waals surface area contributed by atoms with Gasteiger partial charge in [-0.3, -0.25) is 14.9 Å². The van der Waals surface area contributed by atoms with Crippen LogP contribution in [0.5, 0.6) is 0 Å². The monoisotopic (exact) mass is 283 g/mol. The number of aromatic nitrogens is 2. The van der Waals surface area contributed by atoms with E-state index in [1.165, 1.54) is 26.0 Å². The lowest BCUT2D eigenvalue weighted by molar-refractivity contribution is -0.383. The zero-order chi connectivity index (χ0) is 14.2. The smallest absolute Gasteiger partial charge is 0.319 e. The van der Waals surface area contributed by atoms with Crippen LogP contribution in [0.4, 0.5) is 5.69 Å². The van der Waals surface area contributed by atoms with Crippen molar-refractivity contribution in [3.05, 3.63) is 22.2 Å². The third kappa shape index (κ3) is 2.36. The highest BCUT2D eigenvalue weighted by Crippen LogP contribution is 2.38. The molecule has 1 aromatic heterocycles. The Morgan fingerprint density at radius 2 is 2.05 bits per heavy atom. The molecule has 0 unspecified atom stereocenters. The first-order valence-corrected chi connectivity index (χ1v) is 5.96. The Balaban J connectivity index is 2.52. The molecule has 1 aromatic carbocycles. The first-order valence-electron chi connectivity index (χ1n) is 5.15. The molecule has 2 rings (SSSR count). The van der Waals surface area contributed by atoms with Gasteiger partial charge in [-0.15, -0.1) is 11.8 Å². The van der Waals surface area contributed by atoms with Gasteiger partial charge >= 0.3 is 11.7 Å². The Labute approximate surface area is 110 Å². The average molecular weight is 283 g/mol. The van der Waals surface area contributed by atoms with E-state index < -0.39 is 15.6 Å². The van der Waals surface area contributed by atoms with Gasteiger partial charge in [-0.05, 0) is 30.2 Å². The first kappa shape index (κ1) is 13.3. The molecule has 0 saturated carbocycles. The highest BCUT2D eigenvalue weighted by Gasteiger charge is 2.31. The van der Waals surface area contributed by atoms with E-state index in [1.54, 1.807) is 0 Å². The fourth-order valence-electron chi connectivity index (χ4n) is 1.38. The van der Waals surface area contributed by atoms with Crippen molar-refractivity contribution in [2.75, 3.05) is 0 Å². The molecule has 9 heteroatoms. The maximum absolute atomic E-state index is 11.1. The molecule has 0 amide bonds. The number of nitro benzene ring substituents is 1. The van der Waals surface area contributed by atoms with E-state index in [2.05, 4.69) is 14.9 Å². The molecule has 8 nitrogen and oxygen atoms in total. The van der Waals surface area contributed by atoms with Crippen LogP contribution in [0.1, 0.15) is 13.8 Å². The van der Waals surface area contributed by atoms with Crippen LogP contribution in [0.2, 0.25) is 0 Å². The number of aliphatic carboxylic acids is 1. The highest BCUT2D eigenvalue weighted by atomic mass is 32.2. The molecular weight excluding hydrogens is 274 g/mol. The van der Waals surface area contributed by atoms with Gasteiger partial charge in [0.25, 0.3) is 0 Å². The maximum atomic E-state index is 11.1. The molecule has 0 spiro atoms. The van der Waals surface area contributed by atoms with E-state index in [-0.39, 0.29) is 16.7 Å². The molecule has 1 heterocycles. The third-order valence-electron chi connectivity index (χ3n) is 2.43. The second kappa shape index (κ2) is 4.50. The molecule has 0 fully saturated rings.